The van der Waals surface area contributed by atoms with Gasteiger partial charge in [-0.15, -0.1) is 11.3 Å². The number of nitrogens with two attached hydrogens (primary N) is 1. The van der Waals surface area contributed by atoms with Crippen LogP contribution in [0.5, 0.6) is 0 Å². The topological polar surface area (TPSA) is 119 Å². The fourth-order valence-electron chi connectivity index (χ4n) is 2.83. The van der Waals surface area contributed by atoms with Gasteiger partial charge in [-0.2, -0.15) is 0 Å². The maximum atomic E-state index is 12.9. The van der Waals surface area contributed by atoms with Crippen LogP contribution in [-0.4, -0.2) is 28.1 Å². The number of nitrogens with one attached hydrogen (secondary N) is 2. The van der Waals surface area contributed by atoms with E-state index in [1.165, 1.54) is 17.7 Å². The van der Waals surface area contributed by atoms with E-state index < -0.39 is 6.03 Å². The second kappa shape index (κ2) is 9.14. The van der Waals surface area contributed by atoms with Crippen molar-refractivity contribution in [3.05, 3.63) is 52.4 Å². The number of unbranched alkanes of at least 4 members (excludes halogenated alkanes) is 2. The Bertz CT molecular complexity index is 1030. The summed E-state index contributed by atoms with van der Waals surface area (Å²) < 4.78 is 1.14. The van der Waals surface area contributed by atoms with Crippen LogP contribution in [0.3, 0.4) is 0 Å². The summed E-state index contributed by atoms with van der Waals surface area (Å²) in [6.45, 7) is 0.484. The van der Waals surface area contributed by atoms with Crippen molar-refractivity contribution in [3.8, 4) is 11.1 Å². The van der Waals surface area contributed by atoms with Crippen LogP contribution in [0.4, 0.5) is 4.79 Å². The molecule has 0 aliphatic heterocycles. The summed E-state index contributed by atoms with van der Waals surface area (Å²) in [7, 11) is 0. The van der Waals surface area contributed by atoms with Gasteiger partial charge in [0.25, 0.3) is 5.56 Å². The van der Waals surface area contributed by atoms with Gasteiger partial charge in [-0.25, -0.2) is 14.5 Å². The lowest BCUT2D eigenvalue weighted by Crippen LogP contribution is -2.33. The van der Waals surface area contributed by atoms with E-state index in [0.29, 0.717) is 23.2 Å². The van der Waals surface area contributed by atoms with Crippen LogP contribution >= 0.6 is 11.3 Å². The fraction of sp³-hybridized carbons (Fsp3) is 0.263. The van der Waals surface area contributed by atoms with Gasteiger partial charge in [0.15, 0.2) is 0 Å². The van der Waals surface area contributed by atoms with Crippen LogP contribution in [0, 0.1) is 0 Å². The molecule has 0 unspecified atom stereocenters. The maximum absolute atomic E-state index is 12.9. The summed E-state index contributed by atoms with van der Waals surface area (Å²) in [6, 6.07) is 9.05. The Morgan fingerprint density at radius 2 is 1.93 bits per heavy atom. The first-order valence-corrected chi connectivity index (χ1v) is 9.81. The van der Waals surface area contributed by atoms with E-state index in [1.54, 1.807) is 0 Å². The van der Waals surface area contributed by atoms with E-state index in [1.807, 2.05) is 35.7 Å². The molecule has 0 bridgehead atoms. The van der Waals surface area contributed by atoms with E-state index >= 15 is 0 Å². The molecule has 3 rings (SSSR count). The summed E-state index contributed by atoms with van der Waals surface area (Å²) in [5.41, 5.74) is 9.02. The molecule has 3 amide bonds. The number of carbonyl (C=O) groups is 2. The number of nitrogens with zero attached hydrogens (tertiary/aromatic N) is 2. The zero-order chi connectivity index (χ0) is 19.9. The molecule has 0 fully saturated rings. The summed E-state index contributed by atoms with van der Waals surface area (Å²) in [6.07, 6.45) is 3.76. The standard InChI is InChI=1S/C19H21N5O3S/c20-19(27)21-10-6-2-5-9-15(25)23-24-12-22-17-16(18(24)26)14(11-28-17)13-7-3-1-4-8-13/h1,3-4,7-8,11-12H,2,5-6,9-10H2,(H,23,25)(H3,20,21,27). The molecule has 9 heteroatoms. The smallest absolute Gasteiger partial charge is 0.312 e. The van der Waals surface area contributed by atoms with Crippen molar-refractivity contribution in [2.45, 2.75) is 25.7 Å². The van der Waals surface area contributed by atoms with Gasteiger partial charge in [-0.1, -0.05) is 36.8 Å². The van der Waals surface area contributed by atoms with Crippen LogP contribution in [0.25, 0.3) is 21.3 Å². The molecule has 2 heterocycles. The highest BCUT2D eigenvalue weighted by molar-refractivity contribution is 7.17. The first-order valence-electron chi connectivity index (χ1n) is 8.93. The highest BCUT2D eigenvalue weighted by Gasteiger charge is 2.14. The summed E-state index contributed by atoms with van der Waals surface area (Å²) in [5, 5.41) is 4.90. The van der Waals surface area contributed by atoms with Gasteiger partial charge in [-0.05, 0) is 18.4 Å². The van der Waals surface area contributed by atoms with Gasteiger partial charge in [0.2, 0.25) is 5.91 Å². The number of thiophene rings is 1. The molecule has 0 saturated carbocycles. The number of benzene rings is 1. The Balaban J connectivity index is 1.65. The van der Waals surface area contributed by atoms with E-state index in [-0.39, 0.29) is 17.9 Å². The molecule has 0 aliphatic carbocycles. The number of urea groups is 1. The van der Waals surface area contributed by atoms with Gasteiger partial charge >= 0.3 is 6.03 Å². The highest BCUT2D eigenvalue weighted by atomic mass is 32.1. The van der Waals surface area contributed by atoms with Gasteiger partial charge < -0.3 is 11.1 Å². The monoisotopic (exact) mass is 399 g/mol. The van der Waals surface area contributed by atoms with E-state index in [0.717, 1.165) is 28.6 Å². The lowest BCUT2D eigenvalue weighted by molar-refractivity contribution is -0.117. The molecular formula is C19H21N5O3S. The second-order valence-corrected chi connectivity index (χ2v) is 7.11. The Kier molecular flexibility index (Phi) is 6.38. The van der Waals surface area contributed by atoms with Crippen molar-refractivity contribution >= 4 is 33.5 Å². The molecule has 0 atom stereocenters. The largest absolute Gasteiger partial charge is 0.352 e. The average Bonchev–Trinajstić information content (AvgIpc) is 3.12. The third kappa shape index (κ3) is 4.74. The summed E-state index contributed by atoms with van der Waals surface area (Å²) in [5.74, 6) is -0.261. The van der Waals surface area contributed by atoms with Crippen LogP contribution in [0.1, 0.15) is 25.7 Å². The lowest BCUT2D eigenvalue weighted by Gasteiger charge is -2.08. The first-order chi connectivity index (χ1) is 13.6. The fourth-order valence-corrected chi connectivity index (χ4v) is 3.74. The third-order valence-corrected chi connectivity index (χ3v) is 5.09. The number of rotatable bonds is 8. The molecule has 0 saturated heterocycles. The van der Waals surface area contributed by atoms with E-state index in [9.17, 15) is 14.4 Å². The van der Waals surface area contributed by atoms with E-state index in [2.05, 4.69) is 15.7 Å². The quantitative estimate of drug-likeness (QED) is 0.504. The minimum Gasteiger partial charge on any atom is -0.352 e. The van der Waals surface area contributed by atoms with Crippen molar-refractivity contribution in [2.75, 3.05) is 12.0 Å². The Labute approximate surface area is 165 Å². The number of fused-ring (bicyclic) bond motifs is 1. The Morgan fingerprint density at radius 1 is 1.14 bits per heavy atom. The lowest BCUT2D eigenvalue weighted by atomic mass is 10.1. The molecular weight excluding hydrogens is 378 g/mol. The van der Waals surface area contributed by atoms with Crippen molar-refractivity contribution in [2.24, 2.45) is 5.73 Å². The number of hydrogen-bond acceptors (Lipinski definition) is 5. The van der Waals surface area contributed by atoms with Crippen molar-refractivity contribution in [1.29, 1.82) is 0 Å². The molecule has 0 spiro atoms. The highest BCUT2D eigenvalue weighted by Crippen LogP contribution is 2.30. The zero-order valence-corrected chi connectivity index (χ0v) is 16.0. The summed E-state index contributed by atoms with van der Waals surface area (Å²) >= 11 is 1.40. The van der Waals surface area contributed by atoms with Gasteiger partial charge in [-0.3, -0.25) is 15.0 Å². The molecule has 146 valence electrons. The predicted molar refractivity (Wildman–Crippen MR) is 110 cm³/mol. The number of aromatic nitrogens is 2. The minimum atomic E-state index is -0.552. The minimum absolute atomic E-state index is 0.261. The molecule has 0 radical (unpaired) electrons. The number of amides is 3. The molecule has 8 nitrogen and oxygen atoms in total. The number of primary amides is 1. The second-order valence-electron chi connectivity index (χ2n) is 6.25. The maximum Gasteiger partial charge on any atom is 0.312 e. The SMILES string of the molecule is NC(=O)NCCCCCC(=O)Nn1cnc2scc(-c3ccccc3)c2c1=O. The van der Waals surface area contributed by atoms with Crippen molar-refractivity contribution in [3.63, 3.8) is 0 Å². The molecule has 2 aromatic heterocycles. The Hall–Kier alpha value is -3.20. The van der Waals surface area contributed by atoms with Gasteiger partial charge in [0.1, 0.15) is 11.2 Å². The number of carbonyl (C=O) groups excluding carboxylic acids is 2. The van der Waals surface area contributed by atoms with Gasteiger partial charge in [0, 0.05) is 23.9 Å². The van der Waals surface area contributed by atoms with Gasteiger partial charge in [0.05, 0.1) is 5.39 Å². The first kappa shape index (κ1) is 19.6. The normalized spacial score (nSPS) is 10.7. The van der Waals surface area contributed by atoms with Crippen molar-refractivity contribution in [1.82, 2.24) is 15.0 Å². The van der Waals surface area contributed by atoms with Crippen molar-refractivity contribution < 1.29 is 9.59 Å². The molecule has 3 aromatic rings. The van der Waals surface area contributed by atoms with Crippen LogP contribution in [-0.2, 0) is 4.79 Å². The summed E-state index contributed by atoms with van der Waals surface area (Å²) in [4.78, 5) is 40.5. The average molecular weight is 399 g/mol. The number of hydrogen-bond donors (Lipinski definition) is 3. The molecule has 4 N–H and O–H groups in total. The predicted octanol–water partition coefficient (Wildman–Crippen LogP) is 2.42. The van der Waals surface area contributed by atoms with Crippen LogP contribution < -0.4 is 22.0 Å². The molecule has 1 aromatic carbocycles. The van der Waals surface area contributed by atoms with Crippen LogP contribution in [0.15, 0.2) is 46.8 Å². The Morgan fingerprint density at radius 3 is 2.68 bits per heavy atom. The molecule has 28 heavy (non-hydrogen) atoms. The van der Waals surface area contributed by atoms with Crippen LogP contribution in [0.2, 0.25) is 0 Å². The molecule has 0 aliphatic rings. The third-order valence-electron chi connectivity index (χ3n) is 4.20. The van der Waals surface area contributed by atoms with E-state index in [4.69, 9.17) is 5.73 Å². The zero-order valence-electron chi connectivity index (χ0n) is 15.2.